The van der Waals surface area contributed by atoms with E-state index in [2.05, 4.69) is 20.3 Å². The number of benzene rings is 3. The van der Waals surface area contributed by atoms with Crippen molar-refractivity contribution in [3.8, 4) is 28.5 Å². The van der Waals surface area contributed by atoms with Gasteiger partial charge in [-0.15, -0.1) is 0 Å². The first kappa shape index (κ1) is 22.3. The number of hydrogen-bond donors (Lipinski definition) is 2. The molecule has 1 amide bonds. The van der Waals surface area contributed by atoms with Crippen molar-refractivity contribution in [3.05, 3.63) is 96.6 Å². The van der Waals surface area contributed by atoms with Crippen LogP contribution in [0.25, 0.3) is 33.5 Å². The molecule has 0 fully saturated rings. The smallest absolute Gasteiger partial charge is 0.255 e. The summed E-state index contributed by atoms with van der Waals surface area (Å²) in [5, 5.41) is 4.96. The van der Waals surface area contributed by atoms with E-state index in [9.17, 15) is 9.18 Å². The lowest BCUT2D eigenvalue weighted by atomic mass is 10.1. The van der Waals surface area contributed by atoms with Gasteiger partial charge in [0.2, 0.25) is 0 Å². The van der Waals surface area contributed by atoms with Crippen molar-refractivity contribution < 1.29 is 13.9 Å². The highest BCUT2D eigenvalue weighted by atomic mass is 19.1. The van der Waals surface area contributed by atoms with Crippen LogP contribution in [0.1, 0.15) is 24.2 Å². The molecule has 0 aliphatic carbocycles. The summed E-state index contributed by atoms with van der Waals surface area (Å²) in [5.41, 5.74) is 3.04. The fourth-order valence-corrected chi connectivity index (χ4v) is 3.78. The first-order chi connectivity index (χ1) is 17.0. The molecular formula is C28H23FN4O2. The molecule has 6 nitrogen and oxygen atoms in total. The number of aromatic nitrogens is 3. The molecule has 2 heterocycles. The Balaban J connectivity index is 1.39. The normalized spacial score (nSPS) is 11.1. The first-order valence-corrected chi connectivity index (χ1v) is 11.2. The van der Waals surface area contributed by atoms with Gasteiger partial charge in [0.05, 0.1) is 17.5 Å². The molecule has 0 aliphatic rings. The highest BCUT2D eigenvalue weighted by Gasteiger charge is 2.14. The highest BCUT2D eigenvalue weighted by molar-refractivity contribution is 6.05. The molecule has 2 aromatic heterocycles. The monoisotopic (exact) mass is 466 g/mol. The Hall–Kier alpha value is -4.52. The van der Waals surface area contributed by atoms with Gasteiger partial charge in [-0.2, -0.15) is 0 Å². The summed E-state index contributed by atoms with van der Waals surface area (Å²) >= 11 is 0. The van der Waals surface area contributed by atoms with Crippen molar-refractivity contribution in [1.29, 1.82) is 0 Å². The Morgan fingerprint density at radius 3 is 2.63 bits per heavy atom. The van der Waals surface area contributed by atoms with Gasteiger partial charge in [-0.1, -0.05) is 36.4 Å². The summed E-state index contributed by atoms with van der Waals surface area (Å²) in [6.07, 6.45) is 3.45. The van der Waals surface area contributed by atoms with E-state index in [1.54, 1.807) is 24.4 Å². The summed E-state index contributed by atoms with van der Waals surface area (Å²) in [4.78, 5) is 25.4. The lowest BCUT2D eigenvalue weighted by Crippen LogP contribution is -2.14. The maximum atomic E-state index is 13.7. The van der Waals surface area contributed by atoms with Crippen LogP contribution in [0.15, 0.2) is 85.2 Å². The zero-order chi connectivity index (χ0) is 24.4. The van der Waals surface area contributed by atoms with Gasteiger partial charge >= 0.3 is 0 Å². The van der Waals surface area contributed by atoms with E-state index >= 15 is 0 Å². The summed E-state index contributed by atoms with van der Waals surface area (Å²) in [6.45, 7) is 3.68. The Labute approximate surface area is 201 Å². The van der Waals surface area contributed by atoms with Crippen LogP contribution >= 0.6 is 0 Å². The molecule has 174 valence electrons. The topological polar surface area (TPSA) is 79.9 Å². The number of pyridine rings is 1. The summed E-state index contributed by atoms with van der Waals surface area (Å²) in [7, 11) is 0. The number of ether oxygens (including phenoxy) is 1. The number of imidazole rings is 1. The van der Waals surface area contributed by atoms with E-state index in [1.165, 1.54) is 18.2 Å². The molecule has 35 heavy (non-hydrogen) atoms. The Morgan fingerprint density at radius 2 is 1.80 bits per heavy atom. The molecule has 0 atom stereocenters. The predicted molar refractivity (Wildman–Crippen MR) is 135 cm³/mol. The second-order valence-corrected chi connectivity index (χ2v) is 8.39. The number of H-pyrrole nitrogens is 1. The number of carbonyl (C=O) groups is 1. The highest BCUT2D eigenvalue weighted by Crippen LogP contribution is 2.28. The average molecular weight is 467 g/mol. The van der Waals surface area contributed by atoms with Crippen molar-refractivity contribution in [3.63, 3.8) is 0 Å². The van der Waals surface area contributed by atoms with Crippen LogP contribution < -0.4 is 10.1 Å². The number of carbonyl (C=O) groups excluding carboxylic acids is 1. The van der Waals surface area contributed by atoms with Crippen molar-refractivity contribution in [2.45, 2.75) is 20.0 Å². The second-order valence-electron chi connectivity index (χ2n) is 8.39. The van der Waals surface area contributed by atoms with Crippen LogP contribution in [0.3, 0.4) is 0 Å². The molecule has 0 aliphatic heterocycles. The molecular weight excluding hydrogens is 443 g/mol. The molecule has 7 heteroatoms. The minimum Gasteiger partial charge on any atom is -0.489 e. The SMILES string of the molecule is CC(C)Oc1cc(F)ccc1NC(=O)c1cccc(-c2c[nH]c(-c3cc4ccccc4cn3)n2)c1. The van der Waals surface area contributed by atoms with Gasteiger partial charge in [-0.3, -0.25) is 9.78 Å². The lowest BCUT2D eigenvalue weighted by Gasteiger charge is -2.15. The molecule has 2 N–H and O–H groups in total. The maximum Gasteiger partial charge on any atom is 0.255 e. The number of hydrogen-bond acceptors (Lipinski definition) is 4. The molecule has 0 saturated heterocycles. The van der Waals surface area contributed by atoms with Gasteiger partial charge in [-0.05, 0) is 49.6 Å². The molecule has 5 rings (SSSR count). The van der Waals surface area contributed by atoms with Crippen LogP contribution in [0, 0.1) is 5.82 Å². The van der Waals surface area contributed by atoms with Crippen LogP contribution in [0.2, 0.25) is 0 Å². The van der Waals surface area contributed by atoms with Crippen LogP contribution in [-0.4, -0.2) is 27.0 Å². The summed E-state index contributed by atoms with van der Waals surface area (Å²) in [6, 6.07) is 21.2. The Morgan fingerprint density at radius 1 is 0.971 bits per heavy atom. The quantitative estimate of drug-likeness (QED) is 0.301. The number of halogens is 1. The first-order valence-electron chi connectivity index (χ1n) is 11.2. The van der Waals surface area contributed by atoms with Gasteiger partial charge in [0, 0.05) is 35.0 Å². The number of nitrogens with one attached hydrogen (secondary N) is 2. The van der Waals surface area contributed by atoms with E-state index in [0.29, 0.717) is 22.8 Å². The second kappa shape index (κ2) is 9.38. The minimum absolute atomic E-state index is 0.165. The molecule has 0 saturated carbocycles. The van der Waals surface area contributed by atoms with Crippen LogP contribution in [0.4, 0.5) is 10.1 Å². The van der Waals surface area contributed by atoms with Crippen molar-refractivity contribution in [1.82, 2.24) is 15.0 Å². The van der Waals surface area contributed by atoms with Gasteiger partial charge in [0.25, 0.3) is 5.91 Å². The number of amides is 1. The molecule has 0 radical (unpaired) electrons. The standard InChI is InChI=1S/C28H23FN4O2/c1-17(2)35-26-14-22(29)10-11-23(26)33-28(34)20-9-5-8-19(12-20)25-16-31-27(32-25)24-13-18-6-3-4-7-21(18)15-30-24/h3-17H,1-2H3,(H,31,32)(H,33,34). The van der Waals surface area contributed by atoms with Gasteiger partial charge in [-0.25, -0.2) is 9.37 Å². The Bertz CT molecular complexity index is 1530. The summed E-state index contributed by atoms with van der Waals surface area (Å²) < 4.78 is 19.3. The zero-order valence-electron chi connectivity index (χ0n) is 19.2. The molecule has 0 bridgehead atoms. The van der Waals surface area contributed by atoms with Gasteiger partial charge < -0.3 is 15.0 Å². The summed E-state index contributed by atoms with van der Waals surface area (Å²) in [5.74, 6) is 0.154. The third-order valence-corrected chi connectivity index (χ3v) is 5.43. The van der Waals surface area contributed by atoms with Crippen LogP contribution in [0.5, 0.6) is 5.75 Å². The number of nitrogens with zero attached hydrogens (tertiary/aromatic N) is 2. The third-order valence-electron chi connectivity index (χ3n) is 5.43. The average Bonchev–Trinajstić information content (AvgIpc) is 3.35. The maximum absolute atomic E-state index is 13.7. The van der Waals surface area contributed by atoms with E-state index < -0.39 is 5.82 Å². The Kier molecular flexibility index (Phi) is 5.97. The van der Waals surface area contributed by atoms with Crippen molar-refractivity contribution >= 4 is 22.4 Å². The van der Waals surface area contributed by atoms with Gasteiger partial charge in [0.15, 0.2) is 5.82 Å². The van der Waals surface area contributed by atoms with E-state index in [4.69, 9.17) is 4.74 Å². The third kappa shape index (κ3) is 4.89. The zero-order valence-corrected chi connectivity index (χ0v) is 19.2. The van der Waals surface area contributed by atoms with Crippen molar-refractivity contribution in [2.24, 2.45) is 0 Å². The molecule has 0 spiro atoms. The largest absolute Gasteiger partial charge is 0.489 e. The molecule has 3 aromatic carbocycles. The van der Waals surface area contributed by atoms with E-state index in [-0.39, 0.29) is 17.8 Å². The van der Waals surface area contributed by atoms with Gasteiger partial charge in [0.1, 0.15) is 17.3 Å². The predicted octanol–water partition coefficient (Wildman–Crippen LogP) is 6.47. The van der Waals surface area contributed by atoms with Crippen molar-refractivity contribution in [2.75, 3.05) is 5.32 Å². The number of rotatable bonds is 6. The van der Waals surface area contributed by atoms with Crippen LogP contribution in [-0.2, 0) is 0 Å². The molecule has 0 unspecified atom stereocenters. The number of anilines is 1. The fourth-order valence-electron chi connectivity index (χ4n) is 3.78. The molecule has 5 aromatic rings. The fraction of sp³-hybridized carbons (Fsp3) is 0.107. The number of aromatic amines is 1. The van der Waals surface area contributed by atoms with E-state index in [0.717, 1.165) is 22.0 Å². The minimum atomic E-state index is -0.434. The lowest BCUT2D eigenvalue weighted by molar-refractivity contribution is 0.102. The number of fused-ring (bicyclic) bond motifs is 1. The van der Waals surface area contributed by atoms with E-state index in [1.807, 2.05) is 56.4 Å².